The van der Waals surface area contributed by atoms with Crippen LogP contribution in [0.4, 0.5) is 5.69 Å². The fraction of sp³-hybridized carbons (Fsp3) is 0.389. The predicted molar refractivity (Wildman–Crippen MR) is 89.6 cm³/mol. The molecule has 0 N–H and O–H groups in total. The molecule has 0 amide bonds. The van der Waals surface area contributed by atoms with Crippen LogP contribution >= 0.6 is 0 Å². The number of pyridine rings is 1. The third-order valence-electron chi connectivity index (χ3n) is 4.45. The fourth-order valence-corrected chi connectivity index (χ4v) is 2.95. The number of hydrogen-bond acceptors (Lipinski definition) is 3. The second-order valence-electron chi connectivity index (χ2n) is 5.84. The molecule has 2 heterocycles. The molecule has 22 heavy (non-hydrogen) atoms. The first-order chi connectivity index (χ1) is 10.6. The summed E-state index contributed by atoms with van der Waals surface area (Å²) in [5.41, 5.74) is 5.34. The lowest BCUT2D eigenvalue weighted by atomic mass is 10.0. The summed E-state index contributed by atoms with van der Waals surface area (Å²) in [6, 6.07) is 10.6. The summed E-state index contributed by atoms with van der Waals surface area (Å²) >= 11 is 0. The van der Waals surface area contributed by atoms with Crippen molar-refractivity contribution >= 4 is 5.69 Å². The van der Waals surface area contributed by atoms with Gasteiger partial charge in [-0.05, 0) is 37.6 Å². The van der Waals surface area contributed by atoms with E-state index in [0.717, 1.165) is 48.7 Å². The molecule has 1 aliphatic heterocycles. The van der Waals surface area contributed by atoms with Crippen LogP contribution < -0.4 is 10.5 Å². The summed E-state index contributed by atoms with van der Waals surface area (Å²) in [6.45, 7) is 7.33. The molecule has 4 nitrogen and oxygen atoms in total. The normalized spacial score (nSPS) is 15.1. The molecule has 0 bridgehead atoms. The molecule has 0 aliphatic carbocycles. The lowest BCUT2D eigenvalue weighted by Gasteiger charge is -2.29. The van der Waals surface area contributed by atoms with Crippen LogP contribution in [0.3, 0.4) is 0 Å². The van der Waals surface area contributed by atoms with Gasteiger partial charge in [-0.2, -0.15) is 0 Å². The molecule has 0 saturated carbocycles. The van der Waals surface area contributed by atoms with Gasteiger partial charge >= 0.3 is 0 Å². The minimum absolute atomic E-state index is 0.0752. The summed E-state index contributed by atoms with van der Waals surface area (Å²) in [5, 5.41) is 0. The van der Waals surface area contributed by atoms with Crippen molar-refractivity contribution in [3.63, 3.8) is 0 Å². The van der Waals surface area contributed by atoms with Crippen molar-refractivity contribution in [2.24, 2.45) is 7.05 Å². The average molecular weight is 298 g/mol. The van der Waals surface area contributed by atoms with Crippen molar-refractivity contribution in [3.05, 3.63) is 51.9 Å². The topological polar surface area (TPSA) is 34.5 Å². The van der Waals surface area contributed by atoms with Crippen LogP contribution in [0.2, 0.25) is 0 Å². The van der Waals surface area contributed by atoms with Crippen molar-refractivity contribution in [1.29, 1.82) is 0 Å². The smallest absolute Gasteiger partial charge is 0.253 e. The van der Waals surface area contributed by atoms with E-state index in [4.69, 9.17) is 4.74 Å². The lowest BCUT2D eigenvalue weighted by molar-refractivity contribution is 0.122. The largest absolute Gasteiger partial charge is 0.378 e. The van der Waals surface area contributed by atoms with E-state index < -0.39 is 0 Å². The number of ether oxygens (including phenoxy) is 1. The van der Waals surface area contributed by atoms with Gasteiger partial charge in [0.05, 0.1) is 13.2 Å². The molecular weight excluding hydrogens is 276 g/mol. The molecule has 0 atom stereocenters. The Morgan fingerprint density at radius 2 is 1.68 bits per heavy atom. The molecule has 1 aliphatic rings. The molecule has 0 radical (unpaired) electrons. The molecule has 2 aromatic rings. The van der Waals surface area contributed by atoms with Crippen molar-refractivity contribution in [3.8, 4) is 11.1 Å². The average Bonchev–Trinajstić information content (AvgIpc) is 2.57. The van der Waals surface area contributed by atoms with E-state index in [9.17, 15) is 4.79 Å². The van der Waals surface area contributed by atoms with E-state index in [1.807, 2.05) is 27.0 Å². The van der Waals surface area contributed by atoms with E-state index in [1.54, 1.807) is 4.57 Å². The molecule has 0 spiro atoms. The molecule has 1 saturated heterocycles. The van der Waals surface area contributed by atoms with Gasteiger partial charge in [0.2, 0.25) is 0 Å². The van der Waals surface area contributed by atoms with Gasteiger partial charge in [0.1, 0.15) is 0 Å². The first-order valence-electron chi connectivity index (χ1n) is 7.68. The maximum Gasteiger partial charge on any atom is 0.253 e. The molecule has 4 heteroatoms. The maximum absolute atomic E-state index is 12.0. The molecule has 3 rings (SSSR count). The summed E-state index contributed by atoms with van der Waals surface area (Å²) in [7, 11) is 1.83. The number of aromatic nitrogens is 1. The molecule has 1 aromatic heterocycles. The molecule has 116 valence electrons. The number of rotatable bonds is 2. The van der Waals surface area contributed by atoms with Crippen molar-refractivity contribution in [2.45, 2.75) is 13.8 Å². The van der Waals surface area contributed by atoms with Crippen LogP contribution in [0.15, 0.2) is 35.1 Å². The number of benzene rings is 1. The van der Waals surface area contributed by atoms with Crippen LogP contribution in [0.5, 0.6) is 0 Å². The Balaban J connectivity index is 1.95. The second kappa shape index (κ2) is 5.97. The summed E-state index contributed by atoms with van der Waals surface area (Å²) in [5.74, 6) is 0. The molecule has 1 aromatic carbocycles. The zero-order chi connectivity index (χ0) is 15.7. The van der Waals surface area contributed by atoms with Crippen LogP contribution in [0.25, 0.3) is 11.1 Å². The summed E-state index contributed by atoms with van der Waals surface area (Å²) in [6.07, 6.45) is 0. The van der Waals surface area contributed by atoms with Crippen molar-refractivity contribution in [1.82, 2.24) is 4.57 Å². The standard InChI is InChI=1S/C18H22N2O2/c1-13-12-17(14(2)19(3)18(13)21)15-4-6-16(7-5-15)20-8-10-22-11-9-20/h4-7,12H,8-11H2,1-3H3. The van der Waals surface area contributed by atoms with Crippen molar-refractivity contribution in [2.75, 3.05) is 31.2 Å². The van der Waals surface area contributed by atoms with Crippen LogP contribution in [0.1, 0.15) is 11.3 Å². The highest BCUT2D eigenvalue weighted by atomic mass is 16.5. The molecule has 1 fully saturated rings. The number of morpholine rings is 1. The Bertz CT molecular complexity index is 726. The highest BCUT2D eigenvalue weighted by Gasteiger charge is 2.12. The zero-order valence-corrected chi connectivity index (χ0v) is 13.4. The minimum Gasteiger partial charge on any atom is -0.378 e. The van der Waals surface area contributed by atoms with E-state index in [-0.39, 0.29) is 5.56 Å². The fourth-order valence-electron chi connectivity index (χ4n) is 2.95. The Morgan fingerprint density at radius 3 is 2.32 bits per heavy atom. The highest BCUT2D eigenvalue weighted by molar-refractivity contribution is 5.69. The monoisotopic (exact) mass is 298 g/mol. The summed E-state index contributed by atoms with van der Waals surface area (Å²) < 4.78 is 7.12. The predicted octanol–water partition coefficient (Wildman–Crippen LogP) is 2.51. The third kappa shape index (κ3) is 2.66. The SMILES string of the molecule is Cc1cc(-c2ccc(N3CCOCC3)cc2)c(C)n(C)c1=O. The second-order valence-corrected chi connectivity index (χ2v) is 5.84. The number of aryl methyl sites for hydroxylation is 1. The number of nitrogens with zero attached hydrogens (tertiary/aromatic N) is 2. The van der Waals surface area contributed by atoms with Gasteiger partial charge < -0.3 is 14.2 Å². The van der Waals surface area contributed by atoms with Gasteiger partial charge in [0.15, 0.2) is 0 Å². The summed E-state index contributed by atoms with van der Waals surface area (Å²) in [4.78, 5) is 14.3. The Morgan fingerprint density at radius 1 is 1.05 bits per heavy atom. The van der Waals surface area contributed by atoms with E-state index >= 15 is 0 Å². The van der Waals surface area contributed by atoms with Gasteiger partial charge in [-0.15, -0.1) is 0 Å². The van der Waals surface area contributed by atoms with Crippen LogP contribution in [-0.2, 0) is 11.8 Å². The Labute approximate surface area is 131 Å². The van der Waals surface area contributed by atoms with Gasteiger partial charge in [-0.1, -0.05) is 12.1 Å². The van der Waals surface area contributed by atoms with E-state index in [2.05, 4.69) is 29.2 Å². The Hall–Kier alpha value is -2.07. The number of hydrogen-bond donors (Lipinski definition) is 0. The van der Waals surface area contributed by atoms with Gasteiger partial charge in [-0.25, -0.2) is 0 Å². The van der Waals surface area contributed by atoms with Crippen molar-refractivity contribution < 1.29 is 4.74 Å². The number of anilines is 1. The molecular formula is C18H22N2O2. The van der Waals surface area contributed by atoms with Gasteiger partial charge in [0.25, 0.3) is 5.56 Å². The third-order valence-corrected chi connectivity index (χ3v) is 4.45. The highest BCUT2D eigenvalue weighted by Crippen LogP contribution is 2.26. The molecule has 0 unspecified atom stereocenters. The maximum atomic E-state index is 12.0. The van der Waals surface area contributed by atoms with Crippen LogP contribution in [0, 0.1) is 13.8 Å². The lowest BCUT2D eigenvalue weighted by Crippen LogP contribution is -2.36. The Kier molecular flexibility index (Phi) is 4.03. The first-order valence-corrected chi connectivity index (χ1v) is 7.68. The van der Waals surface area contributed by atoms with E-state index in [0.29, 0.717) is 0 Å². The van der Waals surface area contributed by atoms with Crippen LogP contribution in [-0.4, -0.2) is 30.9 Å². The zero-order valence-electron chi connectivity index (χ0n) is 13.4. The van der Waals surface area contributed by atoms with E-state index in [1.165, 1.54) is 5.69 Å². The quantitative estimate of drug-likeness (QED) is 0.854. The van der Waals surface area contributed by atoms with Gasteiger partial charge in [0, 0.05) is 42.6 Å². The van der Waals surface area contributed by atoms with Gasteiger partial charge in [-0.3, -0.25) is 4.79 Å². The minimum atomic E-state index is 0.0752. The first kappa shape index (κ1) is 14.9.